The number of rotatable bonds is 18. The number of ether oxygens (including phenoxy) is 5. The van der Waals surface area contributed by atoms with Gasteiger partial charge in [0.2, 0.25) is 0 Å². The minimum atomic E-state index is -0.559. The zero-order valence-corrected chi connectivity index (χ0v) is 20.8. The molecular weight excluding hydrogens is 438 g/mol. The number of carbonyl (C=O) groups excluding carboxylic acids is 1. The Bertz CT molecular complexity index is 649. The Hall–Kier alpha value is -1.87. The highest BCUT2D eigenvalue weighted by molar-refractivity contribution is 5.68. The van der Waals surface area contributed by atoms with E-state index in [2.05, 4.69) is 10.1 Å². The van der Waals surface area contributed by atoms with Gasteiger partial charge in [-0.15, -0.1) is 0 Å². The van der Waals surface area contributed by atoms with Crippen molar-refractivity contribution in [3.63, 3.8) is 0 Å². The van der Waals surface area contributed by atoms with Crippen LogP contribution in [0.4, 0.5) is 0 Å². The van der Waals surface area contributed by atoms with Gasteiger partial charge in [0.25, 0.3) is 0 Å². The largest absolute Gasteiger partial charge is 0.497 e. The van der Waals surface area contributed by atoms with E-state index in [1.165, 1.54) is 7.11 Å². The van der Waals surface area contributed by atoms with Crippen LogP contribution in [0.2, 0.25) is 0 Å². The lowest BCUT2D eigenvalue weighted by atomic mass is 10.1. The highest BCUT2D eigenvalue weighted by Gasteiger charge is 2.17. The molecule has 194 valence electrons. The lowest BCUT2D eigenvalue weighted by Gasteiger charge is -2.26. The minimum Gasteiger partial charge on any atom is -0.497 e. The average molecular weight is 482 g/mol. The molecule has 0 radical (unpaired) electrons. The first-order chi connectivity index (χ1) is 16.6. The number of esters is 1. The first-order valence-corrected chi connectivity index (χ1v) is 12.6. The van der Waals surface area contributed by atoms with Crippen LogP contribution in [0.25, 0.3) is 0 Å². The molecule has 1 aliphatic rings. The van der Waals surface area contributed by atoms with Crippen LogP contribution in [0.15, 0.2) is 24.3 Å². The molecule has 0 spiro atoms. The second-order valence-electron chi connectivity index (χ2n) is 8.74. The van der Waals surface area contributed by atoms with E-state index in [9.17, 15) is 9.90 Å². The topological polar surface area (TPSA) is 95.5 Å². The van der Waals surface area contributed by atoms with Crippen LogP contribution in [0, 0.1) is 0 Å². The zero-order valence-electron chi connectivity index (χ0n) is 20.8. The van der Waals surface area contributed by atoms with Crippen molar-refractivity contribution in [1.29, 1.82) is 0 Å². The number of hydrogen-bond acceptors (Lipinski definition) is 8. The van der Waals surface area contributed by atoms with Gasteiger partial charge in [-0.1, -0.05) is 19.3 Å². The van der Waals surface area contributed by atoms with Crippen LogP contribution in [0.1, 0.15) is 64.2 Å². The number of aliphatic hydroxyl groups is 1. The molecule has 3 atom stereocenters. The third-order valence-electron chi connectivity index (χ3n) is 5.94. The average Bonchev–Trinajstić information content (AvgIpc) is 2.88. The molecule has 1 aromatic rings. The summed E-state index contributed by atoms with van der Waals surface area (Å²) in [4.78, 5) is 11.2. The third-order valence-corrected chi connectivity index (χ3v) is 5.94. The highest BCUT2D eigenvalue weighted by atomic mass is 16.7. The van der Waals surface area contributed by atoms with Gasteiger partial charge in [0.1, 0.15) is 18.1 Å². The molecule has 8 nitrogen and oxygen atoms in total. The van der Waals surface area contributed by atoms with E-state index < -0.39 is 6.10 Å². The van der Waals surface area contributed by atoms with Crippen molar-refractivity contribution in [2.45, 2.75) is 82.6 Å². The molecule has 8 heteroatoms. The Morgan fingerprint density at radius 3 is 2.53 bits per heavy atom. The second-order valence-corrected chi connectivity index (χ2v) is 8.74. The summed E-state index contributed by atoms with van der Waals surface area (Å²) in [5.41, 5.74) is 0. The first kappa shape index (κ1) is 28.4. The number of methoxy groups -OCH3 is 2. The molecule has 0 aromatic heterocycles. The van der Waals surface area contributed by atoms with Crippen molar-refractivity contribution in [3.05, 3.63) is 24.3 Å². The quantitative estimate of drug-likeness (QED) is 0.241. The van der Waals surface area contributed by atoms with E-state index in [0.29, 0.717) is 31.7 Å². The van der Waals surface area contributed by atoms with Crippen molar-refractivity contribution >= 4 is 5.97 Å². The zero-order chi connectivity index (χ0) is 24.4. The summed E-state index contributed by atoms with van der Waals surface area (Å²) in [6, 6.07) is 7.52. The monoisotopic (exact) mass is 481 g/mol. The molecule has 2 rings (SSSR count). The predicted octanol–water partition coefficient (Wildman–Crippen LogP) is 3.84. The predicted molar refractivity (Wildman–Crippen MR) is 130 cm³/mol. The Kier molecular flexibility index (Phi) is 14.6. The maximum atomic E-state index is 11.2. The van der Waals surface area contributed by atoms with Crippen LogP contribution in [0.3, 0.4) is 0 Å². The van der Waals surface area contributed by atoms with Crippen LogP contribution < -0.4 is 14.8 Å². The molecular formula is C26H43NO7. The summed E-state index contributed by atoms with van der Waals surface area (Å²) in [5.74, 6) is 1.33. The lowest BCUT2D eigenvalue weighted by Crippen LogP contribution is -2.38. The van der Waals surface area contributed by atoms with Crippen molar-refractivity contribution in [2.24, 2.45) is 0 Å². The van der Waals surface area contributed by atoms with Gasteiger partial charge in [-0.2, -0.15) is 0 Å². The van der Waals surface area contributed by atoms with Gasteiger partial charge in [0, 0.05) is 19.1 Å². The summed E-state index contributed by atoms with van der Waals surface area (Å²) in [7, 11) is 3.05. The molecule has 3 unspecified atom stereocenters. The fourth-order valence-electron chi connectivity index (χ4n) is 3.83. The molecule has 1 aromatic carbocycles. The van der Waals surface area contributed by atoms with E-state index in [0.717, 1.165) is 63.7 Å². The Labute approximate surface area is 204 Å². The van der Waals surface area contributed by atoms with Crippen molar-refractivity contribution in [1.82, 2.24) is 5.32 Å². The van der Waals surface area contributed by atoms with E-state index in [4.69, 9.17) is 18.9 Å². The van der Waals surface area contributed by atoms with Crippen molar-refractivity contribution in [3.8, 4) is 11.5 Å². The molecule has 2 N–H and O–H groups in total. The van der Waals surface area contributed by atoms with Crippen LogP contribution in [0.5, 0.6) is 11.5 Å². The van der Waals surface area contributed by atoms with E-state index >= 15 is 0 Å². The summed E-state index contributed by atoms with van der Waals surface area (Å²) >= 11 is 0. The summed E-state index contributed by atoms with van der Waals surface area (Å²) in [6.45, 7) is 2.27. The van der Waals surface area contributed by atoms with E-state index in [-0.39, 0.29) is 24.9 Å². The Morgan fingerprint density at radius 2 is 1.82 bits per heavy atom. The van der Waals surface area contributed by atoms with Crippen LogP contribution in [-0.4, -0.2) is 70.1 Å². The van der Waals surface area contributed by atoms with Gasteiger partial charge < -0.3 is 34.1 Å². The summed E-state index contributed by atoms with van der Waals surface area (Å²) in [6.07, 6.45) is 8.55. The standard InChI is InChI=1S/C26H43NO7/c1-30-23-12-14-24(15-13-23)33-20-22(28)16-17-27-21(19-34-26-11-7-8-18-32-26)9-5-3-4-6-10-25(29)31-2/h12-15,21-22,26-28H,3-11,16-20H2,1-2H3. The minimum absolute atomic E-state index is 0.110. The molecule has 0 bridgehead atoms. The maximum Gasteiger partial charge on any atom is 0.305 e. The van der Waals surface area contributed by atoms with Crippen LogP contribution in [-0.2, 0) is 19.0 Å². The number of nitrogens with one attached hydrogen (secondary N) is 1. The summed E-state index contributed by atoms with van der Waals surface area (Å²) < 4.78 is 27.2. The molecule has 0 amide bonds. The molecule has 1 heterocycles. The first-order valence-electron chi connectivity index (χ1n) is 12.6. The molecule has 1 aliphatic heterocycles. The molecule has 34 heavy (non-hydrogen) atoms. The molecule has 0 saturated carbocycles. The molecule has 1 fully saturated rings. The van der Waals surface area contributed by atoms with E-state index in [1.807, 2.05) is 24.3 Å². The smallest absolute Gasteiger partial charge is 0.305 e. The molecule has 1 saturated heterocycles. The maximum absolute atomic E-state index is 11.2. The third kappa shape index (κ3) is 12.6. The Balaban J connectivity index is 1.66. The highest BCUT2D eigenvalue weighted by Crippen LogP contribution is 2.18. The van der Waals surface area contributed by atoms with Gasteiger partial charge in [-0.3, -0.25) is 4.79 Å². The number of hydrogen-bond donors (Lipinski definition) is 2. The fraction of sp³-hybridized carbons (Fsp3) is 0.731. The number of unbranched alkanes of at least 4 members (excludes halogenated alkanes) is 3. The fourth-order valence-corrected chi connectivity index (χ4v) is 3.83. The van der Waals surface area contributed by atoms with E-state index in [1.54, 1.807) is 7.11 Å². The number of carbonyl (C=O) groups is 1. The van der Waals surface area contributed by atoms with Gasteiger partial charge in [-0.05, 0) is 69.3 Å². The van der Waals surface area contributed by atoms with Crippen LogP contribution >= 0.6 is 0 Å². The van der Waals surface area contributed by atoms with Gasteiger partial charge in [0.05, 0.1) is 26.9 Å². The SMILES string of the molecule is COC(=O)CCCCCCC(COC1CCCCO1)NCCC(O)COc1ccc(OC)cc1. The second kappa shape index (κ2) is 17.5. The number of benzene rings is 1. The Morgan fingerprint density at radius 1 is 1.06 bits per heavy atom. The van der Waals surface area contributed by atoms with Gasteiger partial charge in [-0.25, -0.2) is 0 Å². The van der Waals surface area contributed by atoms with Crippen molar-refractivity contribution in [2.75, 3.05) is 40.6 Å². The lowest BCUT2D eigenvalue weighted by molar-refractivity contribution is -0.166. The van der Waals surface area contributed by atoms with Gasteiger partial charge in [0.15, 0.2) is 6.29 Å². The number of aliphatic hydroxyl groups excluding tert-OH is 1. The normalized spacial score (nSPS) is 17.7. The molecule has 0 aliphatic carbocycles. The summed E-state index contributed by atoms with van der Waals surface area (Å²) in [5, 5.41) is 13.9. The van der Waals surface area contributed by atoms with Gasteiger partial charge >= 0.3 is 5.97 Å². The van der Waals surface area contributed by atoms with Crippen molar-refractivity contribution < 1.29 is 33.6 Å².